The number of benzene rings is 2. The summed E-state index contributed by atoms with van der Waals surface area (Å²) in [5.74, 6) is 0.0751. The van der Waals surface area contributed by atoms with Crippen LogP contribution in [-0.2, 0) is 6.54 Å². The predicted octanol–water partition coefficient (Wildman–Crippen LogP) is 4.74. The Labute approximate surface area is 205 Å². The Morgan fingerprint density at radius 2 is 1.91 bits per heavy atom. The van der Waals surface area contributed by atoms with Crippen molar-refractivity contribution in [2.24, 2.45) is 0 Å². The van der Waals surface area contributed by atoms with E-state index in [0.29, 0.717) is 34.7 Å². The van der Waals surface area contributed by atoms with Gasteiger partial charge in [0.2, 0.25) is 0 Å². The predicted molar refractivity (Wildman–Crippen MR) is 135 cm³/mol. The van der Waals surface area contributed by atoms with Gasteiger partial charge in [-0.2, -0.15) is 0 Å². The fraction of sp³-hybridized carbons (Fsp3) is 0.321. The highest BCUT2D eigenvalue weighted by Gasteiger charge is 2.30. The molecule has 2 unspecified atom stereocenters. The van der Waals surface area contributed by atoms with Crippen molar-refractivity contribution in [3.05, 3.63) is 94.6 Å². The van der Waals surface area contributed by atoms with Gasteiger partial charge in [0.25, 0.3) is 5.91 Å². The molecule has 0 saturated carbocycles. The molecule has 6 nitrogen and oxygen atoms in total. The first kappa shape index (κ1) is 24.5. The lowest BCUT2D eigenvalue weighted by Gasteiger charge is -2.40. The first-order chi connectivity index (χ1) is 16.9. The van der Waals surface area contributed by atoms with Crippen LogP contribution < -0.4 is 10.1 Å². The maximum absolute atomic E-state index is 14.5. The number of hydrogen-bond acceptors (Lipinski definition) is 5. The molecule has 0 aliphatic carbocycles. The Balaban J connectivity index is 1.46. The summed E-state index contributed by atoms with van der Waals surface area (Å²) in [5.41, 5.74) is 3.67. The van der Waals surface area contributed by atoms with Gasteiger partial charge in [0.15, 0.2) is 0 Å². The normalized spacial score (nSPS) is 18.2. The minimum Gasteiger partial charge on any atom is -0.496 e. The molecule has 1 saturated heterocycles. The Morgan fingerprint density at radius 1 is 1.17 bits per heavy atom. The molecule has 1 aliphatic heterocycles. The fourth-order valence-electron chi connectivity index (χ4n) is 4.65. The van der Waals surface area contributed by atoms with E-state index in [0.717, 1.165) is 30.6 Å². The molecule has 182 valence electrons. The Morgan fingerprint density at radius 3 is 2.69 bits per heavy atom. The summed E-state index contributed by atoms with van der Waals surface area (Å²) in [5, 5.41) is 11.7. The smallest absolute Gasteiger partial charge is 0.251 e. The summed E-state index contributed by atoms with van der Waals surface area (Å²) < 4.78 is 19.9. The van der Waals surface area contributed by atoms with Crippen LogP contribution in [0.25, 0.3) is 0 Å². The van der Waals surface area contributed by atoms with E-state index in [2.05, 4.69) is 22.1 Å². The molecule has 0 spiro atoms. The summed E-state index contributed by atoms with van der Waals surface area (Å²) >= 11 is 0. The second-order valence-corrected chi connectivity index (χ2v) is 9.00. The largest absolute Gasteiger partial charge is 0.496 e. The van der Waals surface area contributed by atoms with Gasteiger partial charge in [0.05, 0.1) is 12.8 Å². The highest BCUT2D eigenvalue weighted by molar-refractivity contribution is 6.11. The van der Waals surface area contributed by atoms with Gasteiger partial charge in [-0.3, -0.25) is 20.1 Å². The van der Waals surface area contributed by atoms with Gasteiger partial charge < -0.3 is 10.1 Å². The van der Waals surface area contributed by atoms with Crippen LogP contribution in [0.4, 0.5) is 4.39 Å². The zero-order valence-corrected chi connectivity index (χ0v) is 20.3. The lowest BCUT2D eigenvalue weighted by atomic mass is 9.95. The number of rotatable bonds is 7. The third-order valence-electron chi connectivity index (χ3n) is 6.69. The minimum atomic E-state index is -0.286. The number of aromatic nitrogens is 1. The lowest BCUT2D eigenvalue weighted by Crippen LogP contribution is -2.53. The molecule has 2 atom stereocenters. The number of piperidine rings is 1. The fourth-order valence-corrected chi connectivity index (χ4v) is 4.65. The van der Waals surface area contributed by atoms with Crippen LogP contribution in [0.15, 0.2) is 60.8 Å². The second-order valence-electron chi connectivity index (χ2n) is 9.00. The molecule has 0 bridgehead atoms. The quantitative estimate of drug-likeness (QED) is 0.485. The van der Waals surface area contributed by atoms with Crippen LogP contribution in [0, 0.1) is 18.2 Å². The Hall–Kier alpha value is -3.58. The maximum Gasteiger partial charge on any atom is 0.251 e. The molecule has 2 aromatic carbocycles. The highest BCUT2D eigenvalue weighted by Crippen LogP contribution is 2.27. The molecule has 2 N–H and O–H groups in total. The molecule has 1 fully saturated rings. The number of halogens is 1. The van der Waals surface area contributed by atoms with Gasteiger partial charge >= 0.3 is 0 Å². The molecular weight excluding hydrogens is 443 g/mol. The number of nitrogens with one attached hydrogen (secondary N) is 2. The van der Waals surface area contributed by atoms with Crippen molar-refractivity contribution in [2.75, 3.05) is 13.7 Å². The standard InChI is InChI=1S/C28H31FN4O2/c1-18-15-21(12-13-31-18)27(30)20-7-4-8-22(16-20)28(34)32-25-10-6-14-33(19(25)2)17-23-24(29)9-5-11-26(23)35-3/h4-5,7-9,11-13,15-16,19,25,30H,6,10,14,17H2,1-3H3,(H,32,34). The zero-order valence-electron chi connectivity index (χ0n) is 20.3. The van der Waals surface area contributed by atoms with E-state index in [1.807, 2.05) is 19.1 Å². The number of carbonyl (C=O) groups is 1. The number of pyridine rings is 1. The third kappa shape index (κ3) is 5.57. The minimum absolute atomic E-state index is 0.0262. The van der Waals surface area contributed by atoms with Crippen LogP contribution in [0.2, 0.25) is 0 Å². The summed E-state index contributed by atoms with van der Waals surface area (Å²) in [6.45, 7) is 5.19. The van der Waals surface area contributed by atoms with Gasteiger partial charge in [0, 0.05) is 52.8 Å². The molecule has 1 aliphatic rings. The first-order valence-electron chi connectivity index (χ1n) is 11.9. The molecule has 1 amide bonds. The van der Waals surface area contributed by atoms with Crippen LogP contribution in [0.3, 0.4) is 0 Å². The molecule has 3 aromatic rings. The van der Waals surface area contributed by atoms with Crippen LogP contribution >= 0.6 is 0 Å². The number of ether oxygens (including phenoxy) is 1. The van der Waals surface area contributed by atoms with E-state index in [1.165, 1.54) is 6.07 Å². The van der Waals surface area contributed by atoms with E-state index < -0.39 is 0 Å². The molecule has 0 radical (unpaired) electrons. The first-order valence-corrected chi connectivity index (χ1v) is 11.9. The summed E-state index contributed by atoms with van der Waals surface area (Å²) in [6.07, 6.45) is 3.44. The summed E-state index contributed by atoms with van der Waals surface area (Å²) in [7, 11) is 1.55. The summed E-state index contributed by atoms with van der Waals surface area (Å²) in [4.78, 5) is 19.5. The van der Waals surface area contributed by atoms with Gasteiger partial charge in [-0.1, -0.05) is 18.2 Å². The van der Waals surface area contributed by atoms with Crippen molar-refractivity contribution in [2.45, 2.75) is 45.3 Å². The van der Waals surface area contributed by atoms with E-state index >= 15 is 0 Å². The van der Waals surface area contributed by atoms with E-state index in [4.69, 9.17) is 10.1 Å². The molecular formula is C28H31FN4O2. The van der Waals surface area contributed by atoms with Crippen LogP contribution in [0.1, 0.15) is 52.5 Å². The lowest BCUT2D eigenvalue weighted by molar-refractivity contribution is 0.0811. The average molecular weight is 475 g/mol. The molecule has 35 heavy (non-hydrogen) atoms. The van der Waals surface area contributed by atoms with Crippen LogP contribution in [-0.4, -0.2) is 47.2 Å². The van der Waals surface area contributed by atoms with Crippen LogP contribution in [0.5, 0.6) is 5.75 Å². The van der Waals surface area contributed by atoms with Gasteiger partial charge in [0.1, 0.15) is 11.6 Å². The van der Waals surface area contributed by atoms with Crippen molar-refractivity contribution in [3.63, 3.8) is 0 Å². The number of carbonyl (C=O) groups excluding carboxylic acids is 1. The average Bonchev–Trinajstić information content (AvgIpc) is 2.87. The number of methoxy groups -OCH3 is 1. The number of hydrogen-bond donors (Lipinski definition) is 2. The third-order valence-corrected chi connectivity index (χ3v) is 6.69. The number of aryl methyl sites for hydroxylation is 1. The number of nitrogens with zero attached hydrogens (tertiary/aromatic N) is 2. The topological polar surface area (TPSA) is 78.3 Å². The Kier molecular flexibility index (Phi) is 7.56. The van der Waals surface area contributed by atoms with E-state index in [1.54, 1.807) is 49.7 Å². The van der Waals surface area contributed by atoms with Crippen molar-refractivity contribution < 1.29 is 13.9 Å². The van der Waals surface area contributed by atoms with Gasteiger partial charge in [-0.25, -0.2) is 4.39 Å². The molecule has 2 heterocycles. The molecule has 1 aromatic heterocycles. The molecule has 4 rings (SSSR count). The molecule has 7 heteroatoms. The number of amides is 1. The number of likely N-dealkylation sites (tertiary alicyclic amines) is 1. The monoisotopic (exact) mass is 474 g/mol. The second kappa shape index (κ2) is 10.8. The Bertz CT molecular complexity index is 1230. The van der Waals surface area contributed by atoms with Crippen molar-refractivity contribution in [1.29, 1.82) is 5.41 Å². The summed E-state index contributed by atoms with van der Waals surface area (Å²) in [6, 6.07) is 15.6. The SMILES string of the molecule is COc1cccc(F)c1CN1CCCC(NC(=O)c2cccc(C(=N)c3ccnc(C)c3)c2)C1C. The van der Waals surface area contributed by atoms with Gasteiger partial charge in [-0.05, 0) is 69.6 Å². The van der Waals surface area contributed by atoms with Crippen molar-refractivity contribution in [3.8, 4) is 5.75 Å². The van der Waals surface area contributed by atoms with Crippen molar-refractivity contribution >= 4 is 11.6 Å². The highest BCUT2D eigenvalue weighted by atomic mass is 19.1. The zero-order chi connectivity index (χ0) is 24.9. The van der Waals surface area contributed by atoms with E-state index in [9.17, 15) is 9.18 Å². The van der Waals surface area contributed by atoms with E-state index in [-0.39, 0.29) is 23.8 Å². The van der Waals surface area contributed by atoms with Crippen molar-refractivity contribution in [1.82, 2.24) is 15.2 Å². The van der Waals surface area contributed by atoms with Gasteiger partial charge in [-0.15, -0.1) is 0 Å². The maximum atomic E-state index is 14.5.